The summed E-state index contributed by atoms with van der Waals surface area (Å²) in [5.41, 5.74) is 2.28. The SMILES string of the molecule is CCc1ccc(NC(=O)C(C)S(=O)(=O)Cc2csc(CCC(C)C)n2)cc1. The van der Waals surface area contributed by atoms with Gasteiger partial charge in [0.2, 0.25) is 5.91 Å². The lowest BCUT2D eigenvalue weighted by molar-refractivity contribution is -0.115. The number of rotatable bonds is 9. The molecule has 0 saturated carbocycles. The highest BCUT2D eigenvalue weighted by atomic mass is 32.2. The van der Waals surface area contributed by atoms with Crippen LogP contribution in [-0.4, -0.2) is 24.6 Å². The number of thiazole rings is 1. The van der Waals surface area contributed by atoms with Crippen LogP contribution in [0.1, 0.15) is 50.4 Å². The highest BCUT2D eigenvalue weighted by molar-refractivity contribution is 7.92. The third kappa shape index (κ3) is 6.43. The van der Waals surface area contributed by atoms with Crippen LogP contribution in [0.15, 0.2) is 29.6 Å². The Labute approximate surface area is 166 Å². The average molecular weight is 409 g/mol. The molecule has 1 heterocycles. The highest BCUT2D eigenvalue weighted by Crippen LogP contribution is 2.19. The Hall–Kier alpha value is -1.73. The Kier molecular flexibility index (Phi) is 7.56. The van der Waals surface area contributed by atoms with E-state index in [-0.39, 0.29) is 5.75 Å². The van der Waals surface area contributed by atoms with Crippen molar-refractivity contribution in [2.24, 2.45) is 5.92 Å². The topological polar surface area (TPSA) is 76.1 Å². The van der Waals surface area contributed by atoms with Gasteiger partial charge in [0.25, 0.3) is 0 Å². The summed E-state index contributed by atoms with van der Waals surface area (Å²) in [4.78, 5) is 16.8. The maximum atomic E-state index is 12.6. The molecule has 1 atom stereocenters. The minimum atomic E-state index is -3.63. The molecule has 27 heavy (non-hydrogen) atoms. The molecule has 5 nitrogen and oxygen atoms in total. The van der Waals surface area contributed by atoms with Gasteiger partial charge in [0.05, 0.1) is 16.5 Å². The van der Waals surface area contributed by atoms with E-state index in [0.717, 1.165) is 29.8 Å². The number of carbonyl (C=O) groups excluding carboxylic acids is 1. The first kappa shape index (κ1) is 21.6. The second-order valence-electron chi connectivity index (χ2n) is 7.15. The Morgan fingerprint density at radius 1 is 1.19 bits per heavy atom. The van der Waals surface area contributed by atoms with Gasteiger partial charge in [0, 0.05) is 11.1 Å². The number of sulfone groups is 1. The summed E-state index contributed by atoms with van der Waals surface area (Å²) in [6.45, 7) is 7.77. The van der Waals surface area contributed by atoms with E-state index in [1.807, 2.05) is 12.1 Å². The van der Waals surface area contributed by atoms with Gasteiger partial charge in [0.15, 0.2) is 9.84 Å². The minimum absolute atomic E-state index is 0.214. The number of hydrogen-bond acceptors (Lipinski definition) is 5. The molecule has 0 saturated heterocycles. The molecule has 1 aromatic heterocycles. The standard InChI is InChI=1S/C20H28N2O3S2/c1-5-16-7-9-17(10-8-16)22-20(23)15(4)27(24,25)13-18-12-26-19(21-18)11-6-14(2)3/h7-10,12,14-15H,5-6,11,13H2,1-4H3,(H,22,23). The molecule has 1 N–H and O–H groups in total. The van der Waals surface area contributed by atoms with E-state index in [9.17, 15) is 13.2 Å². The van der Waals surface area contributed by atoms with Gasteiger partial charge in [-0.3, -0.25) is 4.79 Å². The van der Waals surface area contributed by atoms with E-state index in [1.165, 1.54) is 18.3 Å². The van der Waals surface area contributed by atoms with Gasteiger partial charge < -0.3 is 5.32 Å². The molecule has 0 fully saturated rings. The summed E-state index contributed by atoms with van der Waals surface area (Å²) < 4.78 is 25.2. The lowest BCUT2D eigenvalue weighted by Gasteiger charge is -2.13. The summed E-state index contributed by atoms with van der Waals surface area (Å²) in [5.74, 6) is -0.153. The zero-order chi connectivity index (χ0) is 20.0. The van der Waals surface area contributed by atoms with Crippen molar-refractivity contribution in [3.8, 4) is 0 Å². The van der Waals surface area contributed by atoms with Crippen molar-refractivity contribution in [2.75, 3.05) is 5.32 Å². The average Bonchev–Trinajstić information content (AvgIpc) is 3.06. The molecule has 7 heteroatoms. The molecule has 0 aliphatic heterocycles. The fourth-order valence-corrected chi connectivity index (χ4v) is 4.62. The summed E-state index contributed by atoms with van der Waals surface area (Å²) in [5, 5.41) is 4.28. The molecule has 0 aliphatic rings. The van der Waals surface area contributed by atoms with Crippen molar-refractivity contribution in [3.63, 3.8) is 0 Å². The van der Waals surface area contributed by atoms with Crippen molar-refractivity contribution in [2.45, 2.75) is 58.0 Å². The number of anilines is 1. The molecule has 1 amide bonds. The van der Waals surface area contributed by atoms with E-state index in [4.69, 9.17) is 0 Å². The second kappa shape index (κ2) is 9.46. The molecule has 0 spiro atoms. The summed E-state index contributed by atoms with van der Waals surface area (Å²) in [6.07, 6.45) is 2.79. The number of aryl methyl sites for hydroxylation is 2. The lowest BCUT2D eigenvalue weighted by Crippen LogP contribution is -2.33. The number of hydrogen-bond donors (Lipinski definition) is 1. The van der Waals surface area contributed by atoms with Crippen molar-refractivity contribution in [1.82, 2.24) is 4.98 Å². The molecule has 2 aromatic rings. The van der Waals surface area contributed by atoms with E-state index in [0.29, 0.717) is 17.3 Å². The number of amides is 1. The van der Waals surface area contributed by atoms with Crippen LogP contribution in [0.2, 0.25) is 0 Å². The molecule has 2 rings (SSSR count). The van der Waals surface area contributed by atoms with Crippen LogP contribution in [0.25, 0.3) is 0 Å². The minimum Gasteiger partial charge on any atom is -0.325 e. The highest BCUT2D eigenvalue weighted by Gasteiger charge is 2.29. The Morgan fingerprint density at radius 2 is 1.85 bits per heavy atom. The molecule has 0 radical (unpaired) electrons. The number of aromatic nitrogens is 1. The predicted octanol–water partition coefficient (Wildman–Crippen LogP) is 4.24. The van der Waals surface area contributed by atoms with Crippen molar-refractivity contribution < 1.29 is 13.2 Å². The quantitative estimate of drug-likeness (QED) is 0.673. The van der Waals surface area contributed by atoms with Gasteiger partial charge in [-0.1, -0.05) is 32.9 Å². The van der Waals surface area contributed by atoms with E-state index in [1.54, 1.807) is 17.5 Å². The van der Waals surface area contributed by atoms with Crippen molar-refractivity contribution in [1.29, 1.82) is 0 Å². The number of benzene rings is 1. The Morgan fingerprint density at radius 3 is 2.44 bits per heavy atom. The fraction of sp³-hybridized carbons (Fsp3) is 0.500. The van der Waals surface area contributed by atoms with E-state index < -0.39 is 21.0 Å². The van der Waals surface area contributed by atoms with Gasteiger partial charge in [-0.25, -0.2) is 13.4 Å². The predicted molar refractivity (Wildman–Crippen MR) is 112 cm³/mol. The largest absolute Gasteiger partial charge is 0.325 e. The lowest BCUT2D eigenvalue weighted by atomic mass is 10.1. The van der Waals surface area contributed by atoms with Crippen LogP contribution in [0, 0.1) is 5.92 Å². The molecular formula is C20H28N2O3S2. The molecule has 1 aromatic carbocycles. The fourth-order valence-electron chi connectivity index (χ4n) is 2.50. The third-order valence-electron chi connectivity index (χ3n) is 4.42. The van der Waals surface area contributed by atoms with Crippen molar-refractivity contribution in [3.05, 3.63) is 45.9 Å². The first-order valence-corrected chi connectivity index (χ1v) is 11.9. The van der Waals surface area contributed by atoms with Gasteiger partial charge >= 0.3 is 0 Å². The molecule has 0 bridgehead atoms. The molecular weight excluding hydrogens is 380 g/mol. The van der Waals surface area contributed by atoms with Crippen LogP contribution in [0.3, 0.4) is 0 Å². The molecule has 148 valence electrons. The van der Waals surface area contributed by atoms with Crippen LogP contribution < -0.4 is 5.32 Å². The number of carbonyl (C=O) groups is 1. The van der Waals surface area contributed by atoms with E-state index >= 15 is 0 Å². The zero-order valence-corrected chi connectivity index (χ0v) is 18.0. The maximum Gasteiger partial charge on any atom is 0.242 e. The smallest absolute Gasteiger partial charge is 0.242 e. The monoisotopic (exact) mass is 408 g/mol. The zero-order valence-electron chi connectivity index (χ0n) is 16.4. The van der Waals surface area contributed by atoms with Crippen LogP contribution in [-0.2, 0) is 33.2 Å². The van der Waals surface area contributed by atoms with Gasteiger partial charge in [-0.05, 0) is 49.8 Å². The Bertz CT molecular complexity index is 856. The maximum absolute atomic E-state index is 12.6. The first-order valence-electron chi connectivity index (χ1n) is 9.26. The summed E-state index contributed by atoms with van der Waals surface area (Å²) >= 11 is 1.48. The third-order valence-corrected chi connectivity index (χ3v) is 7.37. The summed E-state index contributed by atoms with van der Waals surface area (Å²) in [7, 11) is -3.63. The number of nitrogens with one attached hydrogen (secondary N) is 1. The number of nitrogens with zero attached hydrogens (tertiary/aromatic N) is 1. The second-order valence-corrected chi connectivity index (χ2v) is 10.4. The van der Waals surface area contributed by atoms with Crippen molar-refractivity contribution >= 4 is 32.8 Å². The van der Waals surface area contributed by atoms with Gasteiger partial charge in [0.1, 0.15) is 5.25 Å². The Balaban J connectivity index is 1.98. The summed E-state index contributed by atoms with van der Waals surface area (Å²) in [6, 6.07) is 7.42. The van der Waals surface area contributed by atoms with Crippen LogP contribution in [0.5, 0.6) is 0 Å². The first-order chi connectivity index (χ1) is 12.7. The van der Waals surface area contributed by atoms with Crippen LogP contribution >= 0.6 is 11.3 Å². The normalized spacial score (nSPS) is 12.9. The van der Waals surface area contributed by atoms with E-state index in [2.05, 4.69) is 31.1 Å². The van der Waals surface area contributed by atoms with Gasteiger partial charge in [-0.2, -0.15) is 0 Å². The van der Waals surface area contributed by atoms with Gasteiger partial charge in [-0.15, -0.1) is 11.3 Å². The molecule has 0 aliphatic carbocycles. The van der Waals surface area contributed by atoms with Crippen LogP contribution in [0.4, 0.5) is 5.69 Å². The molecule has 1 unspecified atom stereocenters.